The van der Waals surface area contributed by atoms with Crippen molar-refractivity contribution >= 4 is 23.4 Å². The van der Waals surface area contributed by atoms with Crippen molar-refractivity contribution in [2.45, 2.75) is 20.4 Å². The van der Waals surface area contributed by atoms with Crippen LogP contribution in [0.5, 0.6) is 0 Å². The summed E-state index contributed by atoms with van der Waals surface area (Å²) in [6, 6.07) is 9.54. The van der Waals surface area contributed by atoms with Crippen molar-refractivity contribution in [3.05, 3.63) is 40.3 Å². The molecule has 0 fully saturated rings. The molecule has 2 aromatic heterocycles. The Bertz CT molecular complexity index is 891. The molecule has 3 aromatic rings. The maximum Gasteiger partial charge on any atom is 0.184 e. The lowest BCUT2D eigenvalue weighted by atomic mass is 10.2. The van der Waals surface area contributed by atoms with Gasteiger partial charge in [-0.1, -0.05) is 6.07 Å². The van der Waals surface area contributed by atoms with Crippen LogP contribution in [0.2, 0.25) is 0 Å². The van der Waals surface area contributed by atoms with E-state index in [2.05, 4.69) is 16.2 Å². The SMILES string of the molecule is CCn1nc(C)c2[nH]c(=S)n(-c3cccc(C#N)c3)c21. The summed E-state index contributed by atoms with van der Waals surface area (Å²) < 4.78 is 4.45. The molecule has 0 bridgehead atoms. The number of imidazole rings is 1. The second kappa shape index (κ2) is 4.62. The standard InChI is InChI=1S/C14H13N5S/c1-3-18-13-12(9(2)17-18)16-14(20)19(13)11-6-4-5-10(7-11)8-15/h4-7H,3H2,1-2H3,(H,16,20). The summed E-state index contributed by atoms with van der Waals surface area (Å²) in [6.45, 7) is 4.75. The summed E-state index contributed by atoms with van der Waals surface area (Å²) in [5.41, 5.74) is 4.28. The third-order valence-corrected chi connectivity index (χ3v) is 3.57. The number of nitrogens with zero attached hydrogens (tertiary/aromatic N) is 4. The topological polar surface area (TPSA) is 62.3 Å². The molecule has 0 saturated carbocycles. The molecule has 6 heteroatoms. The van der Waals surface area contributed by atoms with Gasteiger partial charge in [0.2, 0.25) is 0 Å². The molecule has 0 aliphatic rings. The number of benzene rings is 1. The second-order valence-corrected chi connectivity index (χ2v) is 4.91. The molecule has 0 amide bonds. The number of H-pyrrole nitrogens is 1. The third kappa shape index (κ3) is 1.75. The monoisotopic (exact) mass is 283 g/mol. The second-order valence-electron chi connectivity index (χ2n) is 4.53. The molecule has 0 aliphatic heterocycles. The Hall–Kier alpha value is -2.39. The number of aromatic nitrogens is 4. The first-order valence-electron chi connectivity index (χ1n) is 6.34. The molecule has 1 aromatic carbocycles. The summed E-state index contributed by atoms with van der Waals surface area (Å²) in [5.74, 6) is 0. The van der Waals surface area contributed by atoms with Crippen LogP contribution in [0.1, 0.15) is 18.2 Å². The van der Waals surface area contributed by atoms with E-state index in [0.717, 1.165) is 29.1 Å². The van der Waals surface area contributed by atoms with Crippen molar-refractivity contribution in [3.63, 3.8) is 0 Å². The van der Waals surface area contributed by atoms with Gasteiger partial charge >= 0.3 is 0 Å². The largest absolute Gasteiger partial charge is 0.327 e. The molecule has 0 saturated heterocycles. The Morgan fingerprint density at radius 3 is 2.95 bits per heavy atom. The minimum absolute atomic E-state index is 0.609. The van der Waals surface area contributed by atoms with Gasteiger partial charge in [-0.3, -0.25) is 4.57 Å². The number of fused-ring (bicyclic) bond motifs is 1. The first-order valence-corrected chi connectivity index (χ1v) is 6.75. The van der Waals surface area contributed by atoms with Crippen LogP contribution in [0.25, 0.3) is 16.9 Å². The van der Waals surface area contributed by atoms with Crippen LogP contribution in [0, 0.1) is 23.0 Å². The Morgan fingerprint density at radius 2 is 2.25 bits per heavy atom. The first kappa shape index (κ1) is 12.6. The Morgan fingerprint density at radius 1 is 1.45 bits per heavy atom. The van der Waals surface area contributed by atoms with Crippen molar-refractivity contribution in [1.29, 1.82) is 5.26 Å². The van der Waals surface area contributed by atoms with Gasteiger partial charge in [-0.15, -0.1) is 0 Å². The summed E-state index contributed by atoms with van der Waals surface area (Å²) in [6.07, 6.45) is 0. The molecule has 5 nitrogen and oxygen atoms in total. The van der Waals surface area contributed by atoms with Crippen molar-refractivity contribution in [3.8, 4) is 11.8 Å². The van der Waals surface area contributed by atoms with Gasteiger partial charge in [0.15, 0.2) is 10.4 Å². The summed E-state index contributed by atoms with van der Waals surface area (Å²) in [5, 5.41) is 13.5. The molecule has 0 aliphatic carbocycles. The highest BCUT2D eigenvalue weighted by Crippen LogP contribution is 2.22. The van der Waals surface area contributed by atoms with E-state index in [-0.39, 0.29) is 0 Å². The van der Waals surface area contributed by atoms with Gasteiger partial charge in [-0.25, -0.2) is 4.68 Å². The van der Waals surface area contributed by atoms with Crippen LogP contribution in [0.4, 0.5) is 0 Å². The van der Waals surface area contributed by atoms with Crippen LogP contribution in [0.15, 0.2) is 24.3 Å². The van der Waals surface area contributed by atoms with Crippen LogP contribution in [-0.2, 0) is 6.54 Å². The van der Waals surface area contributed by atoms with E-state index in [1.165, 1.54) is 0 Å². The Balaban J connectivity index is 2.38. The van der Waals surface area contributed by atoms with Crippen LogP contribution >= 0.6 is 12.2 Å². The molecular formula is C14H13N5S. The summed E-state index contributed by atoms with van der Waals surface area (Å²) >= 11 is 5.42. The van der Waals surface area contributed by atoms with Crippen LogP contribution < -0.4 is 0 Å². The van der Waals surface area contributed by atoms with Gasteiger partial charge in [0, 0.05) is 6.54 Å². The van der Waals surface area contributed by atoms with Crippen molar-refractivity contribution < 1.29 is 0 Å². The van der Waals surface area contributed by atoms with Gasteiger partial charge < -0.3 is 4.98 Å². The quantitative estimate of drug-likeness (QED) is 0.735. The number of aryl methyl sites for hydroxylation is 2. The maximum absolute atomic E-state index is 9.04. The van der Waals surface area contributed by atoms with Crippen molar-refractivity contribution in [1.82, 2.24) is 19.3 Å². The number of rotatable bonds is 2. The van der Waals surface area contributed by atoms with Gasteiger partial charge in [0.25, 0.3) is 0 Å². The normalized spacial score (nSPS) is 10.8. The Labute approximate surface area is 121 Å². The van der Waals surface area contributed by atoms with Crippen LogP contribution in [-0.4, -0.2) is 19.3 Å². The fourth-order valence-corrected chi connectivity index (χ4v) is 2.67. The summed E-state index contributed by atoms with van der Waals surface area (Å²) in [4.78, 5) is 3.20. The van der Waals surface area contributed by atoms with E-state index in [9.17, 15) is 0 Å². The minimum atomic E-state index is 0.609. The van der Waals surface area contributed by atoms with E-state index in [1.54, 1.807) is 6.07 Å². The van der Waals surface area contributed by atoms with Crippen LogP contribution in [0.3, 0.4) is 0 Å². The van der Waals surface area contributed by atoms with E-state index in [4.69, 9.17) is 17.5 Å². The molecule has 2 heterocycles. The highest BCUT2D eigenvalue weighted by atomic mass is 32.1. The predicted octanol–water partition coefficient (Wildman–Crippen LogP) is 3.08. The highest BCUT2D eigenvalue weighted by molar-refractivity contribution is 7.71. The Kier molecular flexibility index (Phi) is 2.92. The van der Waals surface area contributed by atoms with Gasteiger partial charge in [-0.05, 0) is 44.3 Å². The molecule has 0 atom stereocenters. The third-order valence-electron chi connectivity index (χ3n) is 3.28. The molecule has 0 radical (unpaired) electrons. The molecule has 0 unspecified atom stereocenters. The summed E-state index contributed by atoms with van der Waals surface area (Å²) in [7, 11) is 0. The van der Waals surface area contributed by atoms with Gasteiger partial charge in [0.05, 0.1) is 23.0 Å². The molecule has 0 spiro atoms. The number of aromatic amines is 1. The lowest BCUT2D eigenvalue weighted by Gasteiger charge is -2.06. The lowest BCUT2D eigenvalue weighted by Crippen LogP contribution is -2.03. The first-order chi connectivity index (χ1) is 9.65. The smallest absolute Gasteiger partial charge is 0.184 e. The number of hydrogen-bond donors (Lipinski definition) is 1. The zero-order valence-corrected chi connectivity index (χ0v) is 12.0. The average molecular weight is 283 g/mol. The maximum atomic E-state index is 9.04. The average Bonchev–Trinajstić information content (AvgIpc) is 2.95. The zero-order chi connectivity index (χ0) is 14.3. The van der Waals surface area contributed by atoms with Crippen molar-refractivity contribution in [2.75, 3.05) is 0 Å². The van der Waals surface area contributed by atoms with E-state index >= 15 is 0 Å². The van der Waals surface area contributed by atoms with Gasteiger partial charge in [-0.2, -0.15) is 10.4 Å². The molecule has 100 valence electrons. The van der Waals surface area contributed by atoms with Gasteiger partial charge in [0.1, 0.15) is 5.52 Å². The van der Waals surface area contributed by atoms with E-state index < -0.39 is 0 Å². The minimum Gasteiger partial charge on any atom is -0.327 e. The van der Waals surface area contributed by atoms with Crippen molar-refractivity contribution in [2.24, 2.45) is 0 Å². The number of nitrogens with one attached hydrogen (secondary N) is 1. The lowest BCUT2D eigenvalue weighted by molar-refractivity contribution is 0.662. The van der Waals surface area contributed by atoms with E-state index in [0.29, 0.717) is 10.3 Å². The fraction of sp³-hybridized carbons (Fsp3) is 0.214. The highest BCUT2D eigenvalue weighted by Gasteiger charge is 2.15. The molecule has 3 rings (SSSR count). The molecule has 20 heavy (non-hydrogen) atoms. The number of hydrogen-bond acceptors (Lipinski definition) is 3. The fourth-order valence-electron chi connectivity index (χ4n) is 2.38. The molecule has 1 N–H and O–H groups in total. The number of nitriles is 1. The molecular weight excluding hydrogens is 270 g/mol. The van der Waals surface area contributed by atoms with E-state index in [1.807, 2.05) is 41.3 Å². The predicted molar refractivity (Wildman–Crippen MR) is 79.4 cm³/mol. The zero-order valence-electron chi connectivity index (χ0n) is 11.2.